The van der Waals surface area contributed by atoms with Crippen molar-refractivity contribution >= 4 is 47.3 Å². The predicted molar refractivity (Wildman–Crippen MR) is 140 cm³/mol. The number of anilines is 3. The summed E-state index contributed by atoms with van der Waals surface area (Å²) in [6.45, 7) is 0. The van der Waals surface area contributed by atoms with E-state index in [1.807, 2.05) is 0 Å². The van der Waals surface area contributed by atoms with E-state index < -0.39 is 14.8 Å². The van der Waals surface area contributed by atoms with Crippen molar-refractivity contribution in [1.82, 2.24) is 28.7 Å². The van der Waals surface area contributed by atoms with Gasteiger partial charge in [0.2, 0.25) is 36.4 Å². The third-order valence-corrected chi connectivity index (χ3v) is 4.45. The van der Waals surface area contributed by atoms with Gasteiger partial charge >= 0.3 is 17.5 Å². The highest BCUT2D eigenvalue weighted by Crippen LogP contribution is 2.24. The molecule has 0 spiro atoms. The highest BCUT2D eigenvalue weighted by atomic mass is 35.5. The van der Waals surface area contributed by atoms with E-state index in [0.717, 1.165) is 0 Å². The van der Waals surface area contributed by atoms with E-state index in [4.69, 9.17) is 0 Å². The number of aromatic nitrogens is 6. The minimum absolute atomic E-state index is 0. The molecule has 37 heavy (non-hydrogen) atoms. The second-order valence-electron chi connectivity index (χ2n) is 7.96. The van der Waals surface area contributed by atoms with Gasteiger partial charge in [0.05, 0.1) is 0 Å². The molecule has 0 radical (unpaired) electrons. The monoisotopic (exact) mass is 546 g/mol. The first-order valence-corrected chi connectivity index (χ1v) is 10.1. The molecule has 0 bridgehead atoms. The van der Waals surface area contributed by atoms with Crippen LogP contribution in [0.25, 0.3) is 0 Å². The molecule has 0 aliphatic carbocycles. The minimum Gasteiger partial charge on any atom is -0.358 e. The van der Waals surface area contributed by atoms with Crippen LogP contribution in [0.15, 0.2) is 19.0 Å². The fourth-order valence-corrected chi connectivity index (χ4v) is 3.17. The van der Waals surface area contributed by atoms with Gasteiger partial charge in [-0.1, -0.05) is 0 Å². The van der Waals surface area contributed by atoms with Gasteiger partial charge in [-0.05, 0) is 29.7 Å². The number of imidazole rings is 3. The first-order valence-electron chi connectivity index (χ1n) is 10.1. The van der Waals surface area contributed by atoms with Gasteiger partial charge in [0.1, 0.15) is 0 Å². The Morgan fingerprint density at radius 1 is 0.568 bits per heavy atom. The summed E-state index contributed by atoms with van der Waals surface area (Å²) in [5.41, 5.74) is 0. The largest absolute Gasteiger partial charge is 0.406 e. The summed E-state index contributed by atoms with van der Waals surface area (Å²) < 4.78 is 4.83. The predicted octanol–water partition coefficient (Wildman–Crippen LogP) is 1.60. The van der Waals surface area contributed by atoms with Crippen LogP contribution in [0.5, 0.6) is 0 Å². The summed E-state index contributed by atoms with van der Waals surface area (Å²) in [6, 6.07) is 0. The molecule has 0 unspecified atom stereocenters. The maximum Gasteiger partial charge on any atom is 0.406 e. The van der Waals surface area contributed by atoms with Crippen molar-refractivity contribution in [3.05, 3.63) is 49.3 Å². The van der Waals surface area contributed by atoms with Crippen molar-refractivity contribution in [1.29, 1.82) is 0 Å². The molecule has 0 amide bonds. The van der Waals surface area contributed by atoms with Crippen LogP contribution in [-0.2, 0) is 21.1 Å². The van der Waals surface area contributed by atoms with Crippen molar-refractivity contribution in [2.45, 2.75) is 0 Å². The zero-order valence-corrected chi connectivity index (χ0v) is 22.8. The lowest BCUT2D eigenvalue weighted by Crippen LogP contribution is -2.14. The molecule has 0 atom stereocenters. The maximum atomic E-state index is 10.4. The van der Waals surface area contributed by atoms with Crippen LogP contribution >= 0.6 is 12.4 Å². The van der Waals surface area contributed by atoms with Crippen LogP contribution in [0.2, 0.25) is 0 Å². The first kappa shape index (κ1) is 32.5. The molecule has 0 N–H and O–H groups in total. The van der Waals surface area contributed by atoms with E-state index in [-0.39, 0.29) is 29.9 Å². The Hall–Kier alpha value is -4.48. The molecule has 0 aliphatic rings. The molecule has 3 rings (SSSR count). The van der Waals surface area contributed by atoms with Crippen molar-refractivity contribution < 1.29 is 14.8 Å². The van der Waals surface area contributed by atoms with Crippen LogP contribution in [0.3, 0.4) is 0 Å². The Kier molecular flexibility index (Phi) is 11.9. The molecule has 0 saturated carbocycles. The fourth-order valence-electron chi connectivity index (χ4n) is 3.17. The van der Waals surface area contributed by atoms with Gasteiger partial charge in [0.25, 0.3) is 0 Å². The lowest BCUT2D eigenvalue weighted by atomic mass is 10.6. The smallest absolute Gasteiger partial charge is 0.358 e. The van der Waals surface area contributed by atoms with E-state index in [1.54, 1.807) is 91.8 Å². The summed E-state index contributed by atoms with van der Waals surface area (Å²) >= 11 is 0. The minimum atomic E-state index is -0.491. The van der Waals surface area contributed by atoms with E-state index in [0.29, 0.717) is 17.5 Å². The van der Waals surface area contributed by atoms with E-state index >= 15 is 0 Å². The Morgan fingerprint density at radius 2 is 0.757 bits per heavy atom. The number of rotatable bonds is 6. The molecule has 19 heteroatoms. The number of hydrogen-bond acceptors (Lipinski definition) is 12. The van der Waals surface area contributed by atoms with Crippen LogP contribution in [0, 0.1) is 30.3 Å². The van der Waals surface area contributed by atoms with E-state index in [1.165, 1.54) is 19.0 Å². The Bertz CT molecular complexity index is 1070. The highest BCUT2D eigenvalue weighted by Gasteiger charge is 2.22. The van der Waals surface area contributed by atoms with Gasteiger partial charge in [0, 0.05) is 63.4 Å². The molecule has 0 aromatic carbocycles. The number of halogens is 1. The molecule has 0 saturated heterocycles. The topological polar surface area (TPSA) is 193 Å². The standard InChI is InChI=1S/3C6H10N4O2.ClH/c3*1-8(2)6-5(10(11)12)7-4-9(6)3;/h3*4H,1-3H3;1H. The van der Waals surface area contributed by atoms with Crippen LogP contribution in [0.1, 0.15) is 0 Å². The third kappa shape index (κ3) is 8.02. The van der Waals surface area contributed by atoms with E-state index in [9.17, 15) is 30.3 Å². The number of nitrogens with zero attached hydrogens (tertiary/aromatic N) is 12. The molecule has 3 aromatic rings. The van der Waals surface area contributed by atoms with Gasteiger partial charge in [0.15, 0.2) is 0 Å². The molecule has 3 heterocycles. The molecule has 0 fully saturated rings. The number of hydrogen-bond donors (Lipinski definition) is 0. The quantitative estimate of drug-likeness (QED) is 0.320. The molecular formula is C18H31ClN12O6. The molecular weight excluding hydrogens is 516 g/mol. The second-order valence-corrected chi connectivity index (χ2v) is 7.96. The van der Waals surface area contributed by atoms with Crippen molar-refractivity contribution in [2.75, 3.05) is 57.0 Å². The fraction of sp³-hybridized carbons (Fsp3) is 0.500. The van der Waals surface area contributed by atoms with Gasteiger partial charge in [-0.15, -0.1) is 12.4 Å². The van der Waals surface area contributed by atoms with Crippen molar-refractivity contribution in [2.24, 2.45) is 21.1 Å². The van der Waals surface area contributed by atoms with Crippen LogP contribution in [-0.4, -0.2) is 85.7 Å². The number of aryl methyl sites for hydroxylation is 3. The zero-order valence-electron chi connectivity index (χ0n) is 22.0. The average Bonchev–Trinajstić information content (AvgIpc) is 3.44. The Balaban J connectivity index is 0.000000518. The Morgan fingerprint density at radius 3 is 0.865 bits per heavy atom. The average molecular weight is 547 g/mol. The van der Waals surface area contributed by atoms with Gasteiger partial charge < -0.3 is 45.0 Å². The molecule has 0 aliphatic heterocycles. The van der Waals surface area contributed by atoms with Crippen molar-refractivity contribution in [3.63, 3.8) is 0 Å². The second kappa shape index (κ2) is 13.6. The Labute approximate surface area is 218 Å². The lowest BCUT2D eigenvalue weighted by Gasteiger charge is -2.10. The highest BCUT2D eigenvalue weighted by molar-refractivity contribution is 5.85. The summed E-state index contributed by atoms with van der Waals surface area (Å²) in [6.07, 6.45) is 4.27. The van der Waals surface area contributed by atoms with Gasteiger partial charge in [-0.25, -0.2) is 0 Å². The maximum absolute atomic E-state index is 10.4. The molecule has 18 nitrogen and oxygen atoms in total. The first-order chi connectivity index (χ1) is 16.6. The van der Waals surface area contributed by atoms with Crippen LogP contribution < -0.4 is 14.7 Å². The normalized spacial score (nSPS) is 9.65. The van der Waals surface area contributed by atoms with Gasteiger partial charge in [-0.3, -0.25) is 13.7 Å². The van der Waals surface area contributed by atoms with Gasteiger partial charge in [-0.2, -0.15) is 0 Å². The third-order valence-electron chi connectivity index (χ3n) is 4.45. The summed E-state index contributed by atoms with van der Waals surface area (Å²) in [5.74, 6) is 1.17. The summed E-state index contributed by atoms with van der Waals surface area (Å²) in [4.78, 5) is 45.8. The van der Waals surface area contributed by atoms with Crippen molar-refractivity contribution in [3.8, 4) is 0 Å². The zero-order chi connectivity index (χ0) is 27.9. The lowest BCUT2D eigenvalue weighted by molar-refractivity contribution is -0.388. The van der Waals surface area contributed by atoms with Crippen LogP contribution in [0.4, 0.5) is 34.9 Å². The summed E-state index contributed by atoms with van der Waals surface area (Å²) in [7, 11) is 15.6. The number of nitro groups is 3. The molecule has 3 aromatic heterocycles. The van der Waals surface area contributed by atoms with E-state index in [2.05, 4.69) is 15.0 Å². The SMILES string of the molecule is CN(C)c1c([N+](=O)[O-])ncn1C.CN(C)c1c([N+](=O)[O-])ncn1C.CN(C)c1c([N+](=O)[O-])ncn1C.Cl. The molecule has 206 valence electrons. The summed E-state index contributed by atoms with van der Waals surface area (Å²) in [5, 5.41) is 31.3.